The van der Waals surface area contributed by atoms with Gasteiger partial charge in [0.25, 0.3) is 5.91 Å². The first-order chi connectivity index (χ1) is 43.7. The van der Waals surface area contributed by atoms with Gasteiger partial charge in [-0.2, -0.15) is 0 Å². The van der Waals surface area contributed by atoms with Crippen molar-refractivity contribution in [1.29, 1.82) is 0 Å². The number of carbonyl (C=O) groups is 11. The molecule has 0 aromatic heterocycles. The van der Waals surface area contributed by atoms with Gasteiger partial charge in [-0.3, -0.25) is 52.7 Å². The molecule has 0 radical (unpaired) electrons. The molecule has 1 aliphatic rings. The molecule has 0 aromatic carbocycles. The van der Waals surface area contributed by atoms with Gasteiger partial charge in [0.2, 0.25) is 59.1 Å². The molecule has 1 rings (SSSR count). The molecule has 1 saturated heterocycles. The molecule has 0 aliphatic carbocycles. The van der Waals surface area contributed by atoms with E-state index in [0.29, 0.717) is 18.7 Å². The highest BCUT2D eigenvalue weighted by atomic mass is 32.2. The summed E-state index contributed by atoms with van der Waals surface area (Å²) >= 11 is 1.13. The maximum absolute atomic E-state index is 15.4. The summed E-state index contributed by atoms with van der Waals surface area (Å²) in [4.78, 5) is 175. The Morgan fingerprint density at radius 1 is 0.526 bits per heavy atom. The minimum atomic E-state index is -1.66. The maximum Gasteiger partial charge on any atom is 0.256 e. The largest absolute Gasteiger partial charge is 0.390 e. The Kier molecular flexibility index (Phi) is 36.3. The van der Waals surface area contributed by atoms with Crippen molar-refractivity contribution in [3.05, 3.63) is 12.2 Å². The average Bonchev–Trinajstić information content (AvgIpc) is 0.815. The van der Waals surface area contributed by atoms with Crippen molar-refractivity contribution in [3.63, 3.8) is 0 Å². The molecule has 0 spiro atoms. The summed E-state index contributed by atoms with van der Waals surface area (Å²) in [6.07, 6.45) is 2.91. The van der Waals surface area contributed by atoms with Crippen LogP contribution in [0.4, 0.5) is 0 Å². The van der Waals surface area contributed by atoms with Crippen LogP contribution in [0.25, 0.3) is 0 Å². The van der Waals surface area contributed by atoms with Crippen molar-refractivity contribution in [3.8, 4) is 0 Å². The van der Waals surface area contributed by atoms with Gasteiger partial charge in [0.05, 0.1) is 11.7 Å². The molecule has 0 saturated carbocycles. The normalized spacial score (nSPS) is 26.4. The van der Waals surface area contributed by atoms with Gasteiger partial charge in [-0.05, 0) is 142 Å². The topological polar surface area (TPSA) is 302 Å². The minimum Gasteiger partial charge on any atom is -0.390 e. The molecular formula is C69H126N12O13S. The van der Waals surface area contributed by atoms with E-state index < -0.39 is 160 Å². The molecule has 11 amide bonds. The third-order valence-electron chi connectivity index (χ3n) is 18.0. The van der Waals surface area contributed by atoms with Gasteiger partial charge in [-0.1, -0.05) is 95.2 Å². The second-order valence-electron chi connectivity index (χ2n) is 29.3. The third-order valence-corrected chi connectivity index (χ3v) is 19.4. The Morgan fingerprint density at radius 3 is 1.44 bits per heavy atom. The summed E-state index contributed by atoms with van der Waals surface area (Å²) in [6, 6.07) is -12.9. The number of hydrogen-bond donors (Lipinski definition) is 6. The highest BCUT2D eigenvalue weighted by Gasteiger charge is 2.47. The summed E-state index contributed by atoms with van der Waals surface area (Å²) in [5.74, 6) is -9.98. The zero-order valence-electron chi connectivity index (χ0n) is 62.9. The number of hydrogen-bond acceptors (Lipinski definition) is 15. The third kappa shape index (κ3) is 25.5. The van der Waals surface area contributed by atoms with Gasteiger partial charge in [0.1, 0.15) is 60.4 Å². The Morgan fingerprint density at radius 2 is 0.979 bits per heavy atom. The van der Waals surface area contributed by atoms with E-state index in [4.69, 9.17) is 0 Å². The second-order valence-corrected chi connectivity index (χ2v) is 30.5. The number of carbonyl (C=O) groups excluding carboxylic acids is 11. The fourth-order valence-corrected chi connectivity index (χ4v) is 12.8. The summed E-state index contributed by atoms with van der Waals surface area (Å²) in [6.45, 7) is 33.7. The summed E-state index contributed by atoms with van der Waals surface area (Å²) in [5, 5.41) is 33.4. The van der Waals surface area contributed by atoms with Crippen molar-refractivity contribution >= 4 is 76.7 Å². The van der Waals surface area contributed by atoms with Gasteiger partial charge in [0, 0.05) is 61.8 Å². The molecule has 1 heterocycles. The van der Waals surface area contributed by atoms with Gasteiger partial charge in [-0.15, -0.1) is 11.8 Å². The molecule has 6 N–H and O–H groups in total. The second kappa shape index (κ2) is 39.5. The molecule has 25 nitrogen and oxygen atoms in total. The summed E-state index contributed by atoms with van der Waals surface area (Å²) in [5.41, 5.74) is -1.59. The van der Waals surface area contributed by atoms with Crippen molar-refractivity contribution in [2.24, 2.45) is 35.5 Å². The number of aliphatic hydroxyl groups is 2. The van der Waals surface area contributed by atoms with E-state index in [9.17, 15) is 34.2 Å². The minimum absolute atomic E-state index is 0.0308. The van der Waals surface area contributed by atoms with Crippen LogP contribution < -0.4 is 21.3 Å². The van der Waals surface area contributed by atoms with E-state index in [1.165, 1.54) is 102 Å². The van der Waals surface area contributed by atoms with Crippen molar-refractivity contribution < 1.29 is 63.0 Å². The quantitative estimate of drug-likeness (QED) is 0.0694. The number of allylic oxidation sites excluding steroid dienone is 2. The van der Waals surface area contributed by atoms with E-state index in [-0.39, 0.29) is 62.3 Å². The van der Waals surface area contributed by atoms with Crippen LogP contribution in [-0.4, -0.2) is 267 Å². The first-order valence-corrected chi connectivity index (χ1v) is 35.2. The predicted octanol–water partition coefficient (Wildman–Crippen LogP) is 4.17. The number of nitrogens with one attached hydrogen (secondary N) is 4. The van der Waals surface area contributed by atoms with Crippen LogP contribution in [0.2, 0.25) is 0 Å². The fourth-order valence-electron chi connectivity index (χ4n) is 11.6. The highest BCUT2D eigenvalue weighted by molar-refractivity contribution is 8.00. The average molecular weight is 1360 g/mol. The first kappa shape index (κ1) is 87.2. The lowest BCUT2D eigenvalue weighted by molar-refractivity contribution is -0.157. The molecule has 1 fully saturated rings. The molecule has 0 aromatic rings. The standard InChI is InChI=1S/C69H126N12O13S/c1-28-30-32-45(15)56(82)55-60(86)72-48(29-2)62(88)81(27)68(95-34-31-33-74(20)44(13)14)67(93)78(24)52(38-69(18,19)94)59(85)73-53(42(9)10)65(91)75(21)49(35-39(3)4)58(84)70-46(16)57(83)71-47(17)61(87)76(22)50(36-40(5)6)63(89)77(23)51(37-41(7)8)64(90)79(25)54(43(11)12)66(92)80(55)26/h28,30,39-56,68,82,94H,29,31-38H2,1-27H3,(H,70,84)(H,71,83)(H,72,86)(H,73,85)/b30-28+/t45-,46+,47-,48+,49+,50+,51+,52+,53+,54+,55+,56-,68-/m1/s1. The zero-order valence-corrected chi connectivity index (χ0v) is 63.7. The lowest BCUT2D eigenvalue weighted by atomic mass is 9.91. The van der Waals surface area contributed by atoms with Crippen LogP contribution in [0.1, 0.15) is 176 Å². The number of rotatable bonds is 21. The summed E-state index contributed by atoms with van der Waals surface area (Å²) in [7, 11) is 11.8. The van der Waals surface area contributed by atoms with Crippen molar-refractivity contribution in [1.82, 2.24) is 60.5 Å². The first-order valence-electron chi connectivity index (χ1n) is 34.2. The zero-order chi connectivity index (χ0) is 73.8. The molecule has 0 unspecified atom stereocenters. The molecule has 0 bridgehead atoms. The van der Waals surface area contributed by atoms with Crippen LogP contribution in [0.5, 0.6) is 0 Å². The van der Waals surface area contributed by atoms with E-state index in [0.717, 1.165) is 21.6 Å². The molecule has 95 heavy (non-hydrogen) atoms. The van der Waals surface area contributed by atoms with Gasteiger partial charge >= 0.3 is 0 Å². The Hall–Kier alpha value is -5.86. The number of aliphatic hydroxyl groups excluding tert-OH is 1. The van der Waals surface area contributed by atoms with Crippen LogP contribution >= 0.6 is 11.8 Å². The molecule has 1 aliphatic heterocycles. The number of thioether (sulfide) groups is 1. The van der Waals surface area contributed by atoms with Gasteiger partial charge in [-0.25, -0.2) is 0 Å². The Labute approximate surface area is 574 Å². The van der Waals surface area contributed by atoms with Crippen molar-refractivity contribution in [2.75, 3.05) is 68.7 Å². The highest BCUT2D eigenvalue weighted by Crippen LogP contribution is 2.28. The fraction of sp³-hybridized carbons (Fsp3) is 0.812. The molecule has 13 atom stereocenters. The van der Waals surface area contributed by atoms with Gasteiger partial charge in [0.15, 0.2) is 5.37 Å². The number of amides is 11. The number of nitrogens with zero attached hydrogens (tertiary/aromatic N) is 8. The molecule has 546 valence electrons. The van der Waals surface area contributed by atoms with Gasteiger partial charge < -0.3 is 70.7 Å². The van der Waals surface area contributed by atoms with E-state index >= 15 is 28.8 Å². The lowest BCUT2D eigenvalue weighted by Gasteiger charge is -2.41. The maximum atomic E-state index is 15.4. The predicted molar refractivity (Wildman–Crippen MR) is 374 cm³/mol. The van der Waals surface area contributed by atoms with E-state index in [1.54, 1.807) is 60.6 Å². The van der Waals surface area contributed by atoms with Crippen molar-refractivity contribution in [2.45, 2.75) is 260 Å². The van der Waals surface area contributed by atoms with E-state index in [2.05, 4.69) is 26.2 Å². The monoisotopic (exact) mass is 1360 g/mol. The summed E-state index contributed by atoms with van der Waals surface area (Å²) < 4.78 is 0. The van der Waals surface area contributed by atoms with E-state index in [1.807, 2.05) is 62.4 Å². The Bertz CT molecular complexity index is 2600. The lowest BCUT2D eigenvalue weighted by Crippen LogP contribution is -2.64. The molecular weight excluding hydrogens is 1240 g/mol. The van der Waals surface area contributed by atoms with Crippen LogP contribution in [0, 0.1) is 35.5 Å². The van der Waals surface area contributed by atoms with Crippen LogP contribution in [0.15, 0.2) is 12.2 Å². The van der Waals surface area contributed by atoms with Crippen LogP contribution in [-0.2, 0) is 52.7 Å². The Balaban J connectivity index is 4.59. The molecule has 26 heteroatoms. The number of likely N-dealkylation sites (N-methyl/N-ethyl adjacent to an activating group) is 7. The SMILES string of the molecule is C/C=C/C[C@@H](C)[C@@H](O)[C@H]1C(=O)N[C@@H](CC)C(=O)N(C)[C@H](SCCCN(C)C(C)C)C(=O)N(C)[C@@H](CC(C)(C)O)C(=O)N[C@@H](C(C)C)C(=O)N(C)[C@@H](CC(C)C)C(=O)N[C@@H](C)C(=O)N[C@H](C)C(=O)N(C)[C@@H](CC(C)C)C(=O)N(C)[C@@H](CC(C)C)C(=O)N(C)[C@@H](C(C)C)C(=O)N1C. The van der Waals surface area contributed by atoms with Crippen LogP contribution in [0.3, 0.4) is 0 Å². The smallest absolute Gasteiger partial charge is 0.256 e.